The Morgan fingerprint density at radius 2 is 1.96 bits per heavy atom. The van der Waals surface area contributed by atoms with Crippen LogP contribution in [0.4, 0.5) is 5.69 Å². The lowest BCUT2D eigenvalue weighted by Crippen LogP contribution is -2.33. The van der Waals surface area contributed by atoms with E-state index in [0.29, 0.717) is 12.3 Å². The van der Waals surface area contributed by atoms with Crippen molar-refractivity contribution in [1.82, 2.24) is 10.6 Å². The Kier molecular flexibility index (Phi) is 9.33. The fourth-order valence-electron chi connectivity index (χ4n) is 2.73. The number of anilines is 1. The summed E-state index contributed by atoms with van der Waals surface area (Å²) in [5.74, 6) is 0.373. The molecule has 1 aliphatic rings. The van der Waals surface area contributed by atoms with Crippen LogP contribution >= 0.6 is 28.3 Å². The van der Waals surface area contributed by atoms with Crippen LogP contribution in [0.15, 0.2) is 22.7 Å². The number of nitrogens with one attached hydrogen (secondary N) is 3. The maximum atomic E-state index is 11.9. The molecule has 0 atom stereocenters. The van der Waals surface area contributed by atoms with E-state index in [2.05, 4.69) is 31.9 Å². The van der Waals surface area contributed by atoms with Crippen LogP contribution in [-0.2, 0) is 9.59 Å². The zero-order valence-corrected chi connectivity index (χ0v) is 16.3. The number of aryl methyl sites for hydroxylation is 1. The number of hydrogen-bond donors (Lipinski definition) is 3. The molecule has 7 heteroatoms. The predicted molar refractivity (Wildman–Crippen MR) is 103 cm³/mol. The fraction of sp³-hybridized carbons (Fsp3) is 0.529. The van der Waals surface area contributed by atoms with Crippen molar-refractivity contribution in [3.63, 3.8) is 0 Å². The highest BCUT2D eigenvalue weighted by atomic mass is 79.9. The van der Waals surface area contributed by atoms with Crippen LogP contribution in [0.1, 0.15) is 31.2 Å². The topological polar surface area (TPSA) is 70.2 Å². The van der Waals surface area contributed by atoms with Crippen LogP contribution in [0.5, 0.6) is 0 Å². The highest BCUT2D eigenvalue weighted by Gasteiger charge is 2.15. The Morgan fingerprint density at radius 3 is 2.62 bits per heavy atom. The lowest BCUT2D eigenvalue weighted by molar-refractivity contribution is -0.124. The summed E-state index contributed by atoms with van der Waals surface area (Å²) in [7, 11) is 0. The van der Waals surface area contributed by atoms with Gasteiger partial charge in [-0.15, -0.1) is 12.4 Å². The standard InChI is InChI=1S/C17H24BrN3O2.ClH/c1-12-10-14(18)3-4-15(12)21-17(23)11-20-16(22)5-2-13-6-8-19-9-7-13;/h3-4,10,13,19H,2,5-9,11H2,1H3,(H,20,22)(H,21,23);1H. The largest absolute Gasteiger partial charge is 0.347 e. The van der Waals surface area contributed by atoms with Crippen molar-refractivity contribution in [3.8, 4) is 0 Å². The van der Waals surface area contributed by atoms with Gasteiger partial charge in [0.05, 0.1) is 6.54 Å². The molecule has 0 spiro atoms. The second-order valence-corrected chi connectivity index (χ2v) is 6.93. The molecule has 24 heavy (non-hydrogen) atoms. The van der Waals surface area contributed by atoms with Gasteiger partial charge in [-0.1, -0.05) is 15.9 Å². The van der Waals surface area contributed by atoms with E-state index in [1.807, 2.05) is 25.1 Å². The Bertz CT molecular complexity index is 563. The molecule has 1 saturated heterocycles. The van der Waals surface area contributed by atoms with E-state index in [4.69, 9.17) is 0 Å². The molecule has 0 aliphatic carbocycles. The first-order valence-corrected chi connectivity index (χ1v) is 8.87. The van der Waals surface area contributed by atoms with Crippen molar-refractivity contribution in [3.05, 3.63) is 28.2 Å². The molecular formula is C17H25BrClN3O2. The second-order valence-electron chi connectivity index (χ2n) is 6.02. The SMILES string of the molecule is Cc1cc(Br)ccc1NC(=O)CNC(=O)CCC1CCNCC1.Cl. The molecule has 3 N–H and O–H groups in total. The molecule has 0 aromatic heterocycles. The third-order valence-corrected chi connectivity index (χ3v) is 4.64. The van der Waals surface area contributed by atoms with Crippen LogP contribution in [0.3, 0.4) is 0 Å². The molecule has 5 nitrogen and oxygen atoms in total. The summed E-state index contributed by atoms with van der Waals surface area (Å²) >= 11 is 3.39. The maximum absolute atomic E-state index is 11.9. The third-order valence-electron chi connectivity index (χ3n) is 4.15. The van der Waals surface area contributed by atoms with E-state index in [-0.39, 0.29) is 30.8 Å². The first-order chi connectivity index (χ1) is 11.0. The second kappa shape index (κ2) is 10.7. The van der Waals surface area contributed by atoms with E-state index < -0.39 is 0 Å². The van der Waals surface area contributed by atoms with Gasteiger partial charge in [0.1, 0.15) is 0 Å². The maximum Gasteiger partial charge on any atom is 0.243 e. The molecule has 1 aliphatic heterocycles. The average Bonchev–Trinajstić information content (AvgIpc) is 2.54. The molecule has 0 saturated carbocycles. The molecule has 1 fully saturated rings. The Morgan fingerprint density at radius 1 is 1.25 bits per heavy atom. The lowest BCUT2D eigenvalue weighted by atomic mass is 9.93. The number of piperidine rings is 1. The fourth-order valence-corrected chi connectivity index (χ4v) is 3.21. The molecule has 0 bridgehead atoms. The Balaban J connectivity index is 0.00000288. The van der Waals surface area contributed by atoms with Crippen molar-refractivity contribution < 1.29 is 9.59 Å². The molecule has 1 heterocycles. The van der Waals surface area contributed by atoms with Crippen LogP contribution in [-0.4, -0.2) is 31.4 Å². The zero-order valence-electron chi connectivity index (χ0n) is 13.9. The smallest absolute Gasteiger partial charge is 0.243 e. The van der Waals surface area contributed by atoms with Gasteiger partial charge in [0.25, 0.3) is 0 Å². The number of hydrogen-bond acceptors (Lipinski definition) is 3. The van der Waals surface area contributed by atoms with E-state index >= 15 is 0 Å². The van der Waals surface area contributed by atoms with Crippen LogP contribution in [0, 0.1) is 12.8 Å². The number of carbonyl (C=O) groups excluding carboxylic acids is 2. The van der Waals surface area contributed by atoms with Gasteiger partial charge < -0.3 is 16.0 Å². The quantitative estimate of drug-likeness (QED) is 0.665. The van der Waals surface area contributed by atoms with E-state index in [9.17, 15) is 9.59 Å². The van der Waals surface area contributed by atoms with Gasteiger partial charge in [-0.05, 0) is 69.0 Å². The minimum atomic E-state index is -0.203. The monoisotopic (exact) mass is 417 g/mol. The lowest BCUT2D eigenvalue weighted by Gasteiger charge is -2.22. The van der Waals surface area contributed by atoms with Gasteiger partial charge in [-0.2, -0.15) is 0 Å². The van der Waals surface area contributed by atoms with Gasteiger partial charge >= 0.3 is 0 Å². The zero-order chi connectivity index (χ0) is 16.7. The summed E-state index contributed by atoms with van der Waals surface area (Å²) in [6.45, 7) is 4.03. The molecule has 1 aromatic rings. The minimum absolute atomic E-state index is 0. The van der Waals surface area contributed by atoms with Gasteiger partial charge in [0, 0.05) is 16.6 Å². The summed E-state index contributed by atoms with van der Waals surface area (Å²) in [6.07, 6.45) is 3.67. The third kappa shape index (κ3) is 7.20. The Labute approximate surface area is 157 Å². The molecule has 134 valence electrons. The highest BCUT2D eigenvalue weighted by Crippen LogP contribution is 2.20. The minimum Gasteiger partial charge on any atom is -0.347 e. The number of amides is 2. The van der Waals surface area contributed by atoms with Crippen LogP contribution in [0.2, 0.25) is 0 Å². The Hall–Kier alpha value is -1.11. The summed E-state index contributed by atoms with van der Waals surface area (Å²) in [5.41, 5.74) is 1.74. The number of rotatable bonds is 6. The summed E-state index contributed by atoms with van der Waals surface area (Å²) in [4.78, 5) is 23.8. The van der Waals surface area contributed by atoms with E-state index in [1.165, 1.54) is 0 Å². The summed E-state index contributed by atoms with van der Waals surface area (Å²) in [6, 6.07) is 5.66. The van der Waals surface area contributed by atoms with Gasteiger partial charge in [-0.3, -0.25) is 9.59 Å². The number of carbonyl (C=O) groups is 2. The first kappa shape index (κ1) is 20.9. The van der Waals surface area contributed by atoms with Crippen LogP contribution in [0.25, 0.3) is 0 Å². The first-order valence-electron chi connectivity index (χ1n) is 8.08. The summed E-state index contributed by atoms with van der Waals surface area (Å²) in [5, 5.41) is 8.83. The van der Waals surface area contributed by atoms with Gasteiger partial charge in [0.2, 0.25) is 11.8 Å². The summed E-state index contributed by atoms with van der Waals surface area (Å²) < 4.78 is 0.971. The highest BCUT2D eigenvalue weighted by molar-refractivity contribution is 9.10. The van der Waals surface area contributed by atoms with Crippen molar-refractivity contribution in [2.24, 2.45) is 5.92 Å². The van der Waals surface area contributed by atoms with Crippen LogP contribution < -0.4 is 16.0 Å². The van der Waals surface area contributed by atoms with Crippen molar-refractivity contribution >= 4 is 45.8 Å². The van der Waals surface area contributed by atoms with Crippen molar-refractivity contribution in [2.45, 2.75) is 32.6 Å². The molecule has 0 unspecified atom stereocenters. The van der Waals surface area contributed by atoms with E-state index in [0.717, 1.165) is 48.1 Å². The molecule has 2 rings (SSSR count). The molecule has 1 aromatic carbocycles. The normalized spacial score (nSPS) is 14.6. The molecular weight excluding hydrogens is 394 g/mol. The van der Waals surface area contributed by atoms with E-state index in [1.54, 1.807) is 0 Å². The predicted octanol–water partition coefficient (Wildman–Crippen LogP) is 3.01. The number of halogens is 2. The van der Waals surface area contributed by atoms with Gasteiger partial charge in [0.15, 0.2) is 0 Å². The van der Waals surface area contributed by atoms with Gasteiger partial charge in [-0.25, -0.2) is 0 Å². The number of benzene rings is 1. The molecule has 0 radical (unpaired) electrons. The van der Waals surface area contributed by atoms with Crippen molar-refractivity contribution in [2.75, 3.05) is 25.0 Å². The average molecular weight is 419 g/mol. The van der Waals surface area contributed by atoms with Crippen molar-refractivity contribution in [1.29, 1.82) is 0 Å². The molecule has 2 amide bonds.